The van der Waals surface area contributed by atoms with Gasteiger partial charge in [-0.1, -0.05) is 6.07 Å². The Kier molecular flexibility index (Phi) is 4.08. The fourth-order valence-corrected chi connectivity index (χ4v) is 4.21. The van der Waals surface area contributed by atoms with E-state index in [4.69, 9.17) is 0 Å². The highest BCUT2D eigenvalue weighted by Crippen LogP contribution is 2.23. The lowest BCUT2D eigenvalue weighted by atomic mass is 10.1. The summed E-state index contributed by atoms with van der Waals surface area (Å²) in [5.41, 5.74) is 3.08. The van der Waals surface area contributed by atoms with E-state index in [2.05, 4.69) is 14.7 Å². The summed E-state index contributed by atoms with van der Waals surface area (Å²) < 4.78 is 29.2. The summed E-state index contributed by atoms with van der Waals surface area (Å²) in [6.07, 6.45) is 3.22. The summed E-state index contributed by atoms with van der Waals surface area (Å²) in [7, 11) is -4.06. The van der Waals surface area contributed by atoms with Gasteiger partial charge < -0.3 is 4.40 Å². The van der Waals surface area contributed by atoms with Gasteiger partial charge in [-0.15, -0.1) is 0 Å². The molecule has 7 nitrogen and oxygen atoms in total. The lowest BCUT2D eigenvalue weighted by molar-refractivity contribution is 0.0977. The summed E-state index contributed by atoms with van der Waals surface area (Å²) in [5.74, 6) is -0.777. The molecule has 1 amide bonds. The monoisotopic (exact) mass is 358 g/mol. The van der Waals surface area contributed by atoms with Gasteiger partial charge in [-0.25, -0.2) is 18.1 Å². The lowest BCUT2D eigenvalue weighted by Crippen LogP contribution is -2.32. The molecule has 0 saturated heterocycles. The predicted octanol–water partition coefficient (Wildman–Crippen LogP) is 2.08. The van der Waals surface area contributed by atoms with Crippen molar-refractivity contribution in [1.29, 1.82) is 0 Å². The van der Waals surface area contributed by atoms with Gasteiger partial charge in [0.15, 0.2) is 0 Å². The molecule has 0 aliphatic carbocycles. The number of rotatable bonds is 3. The molecule has 0 unspecified atom stereocenters. The van der Waals surface area contributed by atoms with E-state index in [0.717, 1.165) is 11.3 Å². The van der Waals surface area contributed by atoms with Crippen LogP contribution in [0, 0.1) is 27.7 Å². The molecule has 25 heavy (non-hydrogen) atoms. The van der Waals surface area contributed by atoms with Crippen molar-refractivity contribution in [1.82, 2.24) is 19.1 Å². The Morgan fingerprint density at radius 2 is 1.76 bits per heavy atom. The van der Waals surface area contributed by atoms with Crippen molar-refractivity contribution < 1.29 is 13.2 Å². The van der Waals surface area contributed by atoms with Crippen molar-refractivity contribution in [2.45, 2.75) is 32.6 Å². The van der Waals surface area contributed by atoms with Crippen molar-refractivity contribution in [2.75, 3.05) is 0 Å². The number of imidazole rings is 1. The van der Waals surface area contributed by atoms with Crippen molar-refractivity contribution in [3.8, 4) is 0 Å². The van der Waals surface area contributed by atoms with Crippen LogP contribution in [0.25, 0.3) is 5.65 Å². The predicted molar refractivity (Wildman–Crippen MR) is 93.0 cm³/mol. The second kappa shape index (κ2) is 5.96. The largest absolute Gasteiger partial charge is 0.306 e. The van der Waals surface area contributed by atoms with Crippen LogP contribution >= 0.6 is 0 Å². The number of fused-ring (bicyclic) bond motifs is 1. The molecule has 0 spiro atoms. The third-order valence-corrected chi connectivity index (χ3v) is 5.80. The molecule has 8 heteroatoms. The zero-order chi connectivity index (χ0) is 18.4. The van der Waals surface area contributed by atoms with E-state index in [1.807, 2.05) is 6.92 Å². The SMILES string of the molecule is Cc1nc(C)c(S(=O)(=O)NC(=O)c2cn3ccccc3n2)c(C)c1C. The van der Waals surface area contributed by atoms with Crippen LogP contribution in [-0.4, -0.2) is 28.7 Å². The molecular weight excluding hydrogens is 340 g/mol. The van der Waals surface area contributed by atoms with E-state index in [-0.39, 0.29) is 10.6 Å². The standard InChI is InChI=1S/C17H18N4O3S/c1-10-11(2)16(13(4)18-12(10)3)25(23,24)20-17(22)14-9-21-8-6-5-7-15(21)19-14/h5-9H,1-4H3,(H,20,22). The van der Waals surface area contributed by atoms with Gasteiger partial charge in [0.05, 0.1) is 5.69 Å². The summed E-state index contributed by atoms with van der Waals surface area (Å²) in [4.78, 5) is 20.8. The third kappa shape index (κ3) is 3.00. The normalized spacial score (nSPS) is 11.7. The average molecular weight is 358 g/mol. The van der Waals surface area contributed by atoms with Gasteiger partial charge >= 0.3 is 0 Å². The number of aryl methyl sites for hydroxylation is 2. The molecule has 0 aliphatic rings. The Hall–Kier alpha value is -2.74. The Labute approximate surface area is 145 Å². The minimum Gasteiger partial charge on any atom is -0.306 e. The van der Waals surface area contributed by atoms with E-state index in [1.54, 1.807) is 49.6 Å². The molecule has 0 atom stereocenters. The smallest absolute Gasteiger partial charge is 0.285 e. The molecule has 3 heterocycles. The average Bonchev–Trinajstić information content (AvgIpc) is 2.96. The molecule has 0 aromatic carbocycles. The summed E-state index contributed by atoms with van der Waals surface area (Å²) >= 11 is 0. The highest BCUT2D eigenvalue weighted by atomic mass is 32.2. The fourth-order valence-electron chi connectivity index (χ4n) is 2.76. The maximum atomic E-state index is 12.7. The van der Waals surface area contributed by atoms with Gasteiger partial charge in [0.2, 0.25) is 0 Å². The van der Waals surface area contributed by atoms with Crippen LogP contribution < -0.4 is 4.72 Å². The first-order valence-electron chi connectivity index (χ1n) is 7.66. The quantitative estimate of drug-likeness (QED) is 0.774. The topological polar surface area (TPSA) is 93.4 Å². The molecule has 3 rings (SSSR count). The number of carbonyl (C=O) groups excluding carboxylic acids is 1. The van der Waals surface area contributed by atoms with Gasteiger partial charge in [-0.3, -0.25) is 9.78 Å². The number of hydrogen-bond donors (Lipinski definition) is 1. The molecule has 0 radical (unpaired) electrons. The van der Waals surface area contributed by atoms with E-state index in [1.165, 1.54) is 6.20 Å². The highest BCUT2D eigenvalue weighted by molar-refractivity contribution is 7.90. The third-order valence-electron chi connectivity index (χ3n) is 4.20. The van der Waals surface area contributed by atoms with Crippen molar-refractivity contribution in [3.05, 3.63) is 58.8 Å². The molecular formula is C17H18N4O3S. The summed E-state index contributed by atoms with van der Waals surface area (Å²) in [6, 6.07) is 5.31. The van der Waals surface area contributed by atoms with Crippen LogP contribution in [0.2, 0.25) is 0 Å². The Balaban J connectivity index is 1.99. The van der Waals surface area contributed by atoms with Gasteiger partial charge in [0.1, 0.15) is 16.2 Å². The van der Waals surface area contributed by atoms with E-state index < -0.39 is 15.9 Å². The van der Waals surface area contributed by atoms with Gasteiger partial charge in [0, 0.05) is 18.1 Å². The van der Waals surface area contributed by atoms with Crippen LogP contribution in [0.4, 0.5) is 0 Å². The zero-order valence-electron chi connectivity index (χ0n) is 14.4. The van der Waals surface area contributed by atoms with Crippen LogP contribution in [0.5, 0.6) is 0 Å². The Bertz CT molecular complexity index is 1070. The maximum absolute atomic E-state index is 12.7. The molecule has 3 aromatic heterocycles. The molecule has 1 N–H and O–H groups in total. The summed E-state index contributed by atoms with van der Waals surface area (Å²) in [5, 5.41) is 0. The minimum atomic E-state index is -4.06. The number of amides is 1. The first kappa shape index (κ1) is 17.1. The molecule has 0 fully saturated rings. The first-order chi connectivity index (χ1) is 11.7. The van der Waals surface area contributed by atoms with Crippen LogP contribution in [0.1, 0.15) is 33.0 Å². The van der Waals surface area contributed by atoms with E-state index >= 15 is 0 Å². The number of nitrogens with one attached hydrogen (secondary N) is 1. The highest BCUT2D eigenvalue weighted by Gasteiger charge is 2.26. The van der Waals surface area contributed by atoms with Gasteiger partial charge in [-0.05, 0) is 51.0 Å². The van der Waals surface area contributed by atoms with Crippen LogP contribution in [0.3, 0.4) is 0 Å². The zero-order valence-corrected chi connectivity index (χ0v) is 15.2. The first-order valence-corrected chi connectivity index (χ1v) is 9.14. The lowest BCUT2D eigenvalue weighted by Gasteiger charge is -2.14. The molecule has 3 aromatic rings. The van der Waals surface area contributed by atoms with Crippen molar-refractivity contribution >= 4 is 21.6 Å². The second-order valence-corrected chi connectivity index (χ2v) is 7.51. The number of pyridine rings is 2. The molecule has 0 bridgehead atoms. The van der Waals surface area contributed by atoms with Gasteiger partial charge in [0.25, 0.3) is 15.9 Å². The number of carbonyl (C=O) groups is 1. The van der Waals surface area contributed by atoms with E-state index in [9.17, 15) is 13.2 Å². The number of nitrogens with zero attached hydrogens (tertiary/aromatic N) is 3. The second-order valence-electron chi connectivity index (χ2n) is 5.89. The van der Waals surface area contributed by atoms with Gasteiger partial charge in [-0.2, -0.15) is 0 Å². The Morgan fingerprint density at radius 1 is 1.04 bits per heavy atom. The maximum Gasteiger partial charge on any atom is 0.285 e. The number of sulfonamides is 1. The molecule has 130 valence electrons. The van der Waals surface area contributed by atoms with Crippen molar-refractivity contribution in [2.24, 2.45) is 0 Å². The summed E-state index contributed by atoms with van der Waals surface area (Å²) in [6.45, 7) is 6.95. The molecule has 0 saturated carbocycles. The molecule has 0 aliphatic heterocycles. The van der Waals surface area contributed by atoms with Crippen LogP contribution in [0.15, 0.2) is 35.5 Å². The fraction of sp³-hybridized carbons (Fsp3) is 0.235. The number of aromatic nitrogens is 3. The Morgan fingerprint density at radius 3 is 2.44 bits per heavy atom. The van der Waals surface area contributed by atoms with E-state index in [0.29, 0.717) is 16.9 Å². The van der Waals surface area contributed by atoms with Crippen molar-refractivity contribution in [3.63, 3.8) is 0 Å². The number of hydrogen-bond acceptors (Lipinski definition) is 5. The minimum absolute atomic E-state index is 0.0295. The van der Waals surface area contributed by atoms with Crippen LogP contribution in [-0.2, 0) is 10.0 Å².